The quantitative estimate of drug-likeness (QED) is 0.0145. The van der Waals surface area contributed by atoms with Crippen LogP contribution in [0.2, 0.25) is 0 Å². The molecule has 4 N–H and O–H groups in total. The third kappa shape index (κ3) is 66.7. The largest absolute Gasteiger partial charge is 1.00 e. The summed E-state index contributed by atoms with van der Waals surface area (Å²) in [6, 6.07) is 44.9. The standard InChI is InChI=1S/C14H12S4.C13H13NO2S2.C12H16N4O4.C7H7Cl.C7H6S2.6CN.CH4O.Fe.3K.Na/c15-13(11-7-3-1-4-8-11)17-18-14(16)12-9-5-2-6-10-12;1-13(9-14,8-7-11(15)16)18-12(17)10-5-3-2-4-6-10;1-11(7-13,5-3-9(17)18)15-16-12(2,8-14)6-4-10(19)20;8-6-7-4-2-1-3-5-7;8-7(9)6-4-2-1-3-5-6;7*1-2;;;;;/h1,3-5,7-10H,2,6H2;2-6H,7-8H2,1H3,(H,15,16);3-6H2,1-2H3,(H,17,18)(H,19,20);1-5H,6H2;1-5H,(H,8,9);;;;;;;2H,1H3;;;;;/q;;;;;6*-1;;+6;;;;+1/p-1. The number of hydrogen-bond donors (Lipinski definition) is 4. The van der Waals surface area contributed by atoms with Crippen molar-refractivity contribution in [1.29, 1.82) is 47.4 Å². The van der Waals surface area contributed by atoms with Crippen molar-refractivity contribution in [3.63, 3.8) is 0 Å². The maximum absolute atomic E-state index is 10.6. The van der Waals surface area contributed by atoms with Crippen LogP contribution in [0.15, 0.2) is 155 Å². The molecule has 461 valence electrons. The van der Waals surface area contributed by atoms with Crippen LogP contribution >= 0.6 is 93.8 Å². The first-order valence-corrected chi connectivity index (χ1v) is 46.3. The average molecular weight is 1530 g/mol. The Morgan fingerprint density at radius 2 is 0.880 bits per heavy atom. The zero-order valence-corrected chi connectivity index (χ0v) is 71.3. The molecule has 32 heteroatoms. The minimum absolute atomic E-state index is 0. The number of thiocarbonyl (C=S) groups is 4. The Morgan fingerprint density at radius 3 is 1.15 bits per heavy atom. The number of azo groups is 1. The monoisotopic (exact) mass is 1530 g/mol. The van der Waals surface area contributed by atoms with E-state index in [1.807, 2.05) is 133 Å². The second-order valence-corrected chi connectivity index (χ2v) is 22.8. The molecule has 3 unspecified atom stereocenters. The molecule has 4 aromatic carbocycles. The van der Waals surface area contributed by atoms with Crippen LogP contribution < -0.4 is 29.6 Å². The Kier molecular flexibility index (Phi) is 101. The summed E-state index contributed by atoms with van der Waals surface area (Å²) >= 11 is 34.9. The van der Waals surface area contributed by atoms with Crippen molar-refractivity contribution in [3.8, 4) is 18.2 Å². The molecule has 18 nitrogen and oxygen atoms in total. The van der Waals surface area contributed by atoms with E-state index in [2.05, 4.69) is 34.5 Å². The summed E-state index contributed by atoms with van der Waals surface area (Å²) in [5.41, 5.74) is 2.57. The van der Waals surface area contributed by atoms with Crippen LogP contribution in [-0.2, 0) is 50.0 Å². The topological polar surface area (TPSA) is 371 Å². The summed E-state index contributed by atoms with van der Waals surface area (Å²) in [5, 5.41) is 105. The Bertz CT molecular complexity index is 2930. The molecular weight excluding hydrogens is 1470 g/mol. The van der Waals surface area contributed by atoms with Gasteiger partial charge in [-0.15, -0.1) is 15.8 Å². The molecule has 0 amide bonds. The number of hydrogen-bond acceptors (Lipinski definition) is 23. The van der Waals surface area contributed by atoms with Crippen LogP contribution in [0.1, 0.15) is 94.4 Å². The molecule has 0 bridgehead atoms. The predicted octanol–water partition coefficient (Wildman–Crippen LogP) is 10.7. The van der Waals surface area contributed by atoms with Gasteiger partial charge in [-0.1, -0.05) is 188 Å². The summed E-state index contributed by atoms with van der Waals surface area (Å²) in [6.07, 6.45) is 8.33. The molecule has 1 aliphatic carbocycles. The molecular formula is C60H57ClFeK3N11NaO7S8. The Balaban J connectivity index is -0.0000000951. The number of halogens is 1. The number of carboxylic acids is 3. The number of nitriles is 3. The zero-order chi connectivity index (χ0) is 70.7. The molecule has 0 spiro atoms. The van der Waals surface area contributed by atoms with E-state index in [0.717, 1.165) is 50.6 Å². The van der Waals surface area contributed by atoms with Gasteiger partial charge in [0.2, 0.25) is 0 Å². The van der Waals surface area contributed by atoms with Gasteiger partial charge >= 0.3 is 128 Å². The number of nitrogens with zero attached hydrogens (tertiary/aromatic N) is 11. The van der Waals surface area contributed by atoms with Crippen molar-refractivity contribution in [2.75, 3.05) is 7.11 Å². The van der Waals surface area contributed by atoms with Crippen molar-refractivity contribution in [3.05, 3.63) is 207 Å². The van der Waals surface area contributed by atoms with Gasteiger partial charge in [0.25, 0.3) is 0 Å². The average Bonchev–Trinajstić information content (AvgIpc) is 1.51. The minimum atomic E-state index is -1.35. The third-order valence-corrected chi connectivity index (χ3v) is 15.6. The second kappa shape index (κ2) is 81.5. The zero-order valence-electron chi connectivity index (χ0n) is 51.6. The summed E-state index contributed by atoms with van der Waals surface area (Å²) in [6.45, 7) is 33.0. The molecule has 0 saturated heterocycles. The van der Waals surface area contributed by atoms with Gasteiger partial charge in [0.1, 0.15) is 4.75 Å². The van der Waals surface area contributed by atoms with Gasteiger partial charge in [0.05, 0.1) is 30.8 Å². The van der Waals surface area contributed by atoms with E-state index < -0.39 is 33.7 Å². The van der Waals surface area contributed by atoms with Crippen LogP contribution in [0.4, 0.5) is 0 Å². The first kappa shape index (κ1) is 114. The Morgan fingerprint density at radius 1 is 0.565 bits per heavy atom. The molecule has 0 aliphatic heterocycles. The van der Waals surface area contributed by atoms with Gasteiger partial charge in [-0.3, -0.25) is 14.4 Å². The summed E-state index contributed by atoms with van der Waals surface area (Å²) < 4.78 is 2.14. The number of carbonyl (C=O) groups is 3. The van der Waals surface area contributed by atoms with E-state index in [9.17, 15) is 19.6 Å². The SMILES string of the molecule is CC(C#N)(CCC(=O)O)N=NC(C)(C#N)CCC(=O)O.CC(C#N)(CCC(=O)O)SC(=S)c1ccccc1.CO.ClCc1ccccc1.S=C(SSC(=S)c1ccccc1)C1=CCCC=C1.S=C([S-])c1ccccc1.[C-]#N.[C-]#N.[C-]#N.[C-]#N.[C-]#N.[C-]#N.[Fe+6].[K].[K][K].[Na+]. The van der Waals surface area contributed by atoms with E-state index in [0.29, 0.717) is 14.3 Å². The molecule has 0 saturated carbocycles. The molecule has 3 atom stereocenters. The predicted molar refractivity (Wildman–Crippen MR) is 372 cm³/mol. The summed E-state index contributed by atoms with van der Waals surface area (Å²) in [4.78, 5) is 31.6. The molecule has 0 aromatic heterocycles. The number of aliphatic carboxylic acids is 3. The van der Waals surface area contributed by atoms with E-state index in [-0.39, 0.29) is 137 Å². The van der Waals surface area contributed by atoms with Crippen LogP contribution in [0.25, 0.3) is 0 Å². The van der Waals surface area contributed by atoms with Crippen LogP contribution in [-0.4, -0.2) is 193 Å². The number of benzene rings is 4. The third-order valence-electron chi connectivity index (χ3n) is 9.44. The number of carboxylic acid groups (broad SMARTS) is 3. The number of alkyl halides is 1. The molecule has 0 heterocycles. The first-order chi connectivity index (χ1) is 42.6. The van der Waals surface area contributed by atoms with Gasteiger partial charge < -0.3 is 116 Å². The number of rotatable bonds is 17. The fourth-order valence-electron chi connectivity index (χ4n) is 5.14. The van der Waals surface area contributed by atoms with Crippen molar-refractivity contribution in [2.24, 2.45) is 10.2 Å². The molecule has 4 aromatic rings. The van der Waals surface area contributed by atoms with Gasteiger partial charge in [-0.05, 0) is 102 Å². The van der Waals surface area contributed by atoms with E-state index >= 15 is 0 Å². The number of thioether (sulfide) groups is 1. The number of allylic oxidation sites excluding steroid dienone is 3. The van der Waals surface area contributed by atoms with Crippen molar-refractivity contribution in [1.82, 2.24) is 0 Å². The normalized spacial score (nSPS) is 10.9. The summed E-state index contributed by atoms with van der Waals surface area (Å²) in [5.74, 6) is -2.41. The number of aliphatic hydroxyl groups excluding tert-OH is 1. The minimum Gasteiger partial charge on any atom is 1.00 e. The van der Waals surface area contributed by atoms with Crippen LogP contribution in [0.5, 0.6) is 0 Å². The van der Waals surface area contributed by atoms with Gasteiger partial charge in [0, 0.05) is 83.6 Å². The smallest absolute Gasteiger partial charge is 1.00 e. The van der Waals surface area contributed by atoms with E-state index in [4.69, 9.17) is 175 Å². The fraction of sp³-hybridized carbons (Fsp3) is 0.267. The Labute approximate surface area is 707 Å². The van der Waals surface area contributed by atoms with Crippen molar-refractivity contribution in [2.45, 2.75) is 93.8 Å². The fourth-order valence-corrected chi connectivity index (χ4v) is 9.76. The van der Waals surface area contributed by atoms with E-state index in [1.54, 1.807) is 28.5 Å². The molecule has 0 fully saturated rings. The van der Waals surface area contributed by atoms with E-state index in [1.165, 1.54) is 94.3 Å². The molecule has 5 rings (SSSR count). The Hall–Kier alpha value is -1.91. The number of aliphatic hydroxyl groups is 1. The maximum Gasteiger partial charge on any atom is 1.00 e. The van der Waals surface area contributed by atoms with Gasteiger partial charge in [-0.25, -0.2) is 0 Å². The van der Waals surface area contributed by atoms with Crippen molar-refractivity contribution < 1.29 is 81.4 Å². The molecule has 1 radical (unpaired) electrons. The first-order valence-electron chi connectivity index (χ1n) is 24.8. The maximum atomic E-state index is 10.6. The van der Waals surface area contributed by atoms with Crippen LogP contribution in [0, 0.1) is 105 Å². The van der Waals surface area contributed by atoms with Gasteiger partial charge in [-0.2, -0.15) is 26.0 Å². The summed E-state index contributed by atoms with van der Waals surface area (Å²) in [7, 11) is 4.14. The van der Waals surface area contributed by atoms with Crippen molar-refractivity contribution >= 4 is 256 Å². The second-order valence-electron chi connectivity index (χ2n) is 15.8. The van der Waals surface area contributed by atoms with Crippen LogP contribution in [0.3, 0.4) is 0 Å². The van der Waals surface area contributed by atoms with Gasteiger partial charge in [0.15, 0.2) is 11.1 Å². The molecule has 92 heavy (non-hydrogen) atoms. The molecule has 1 aliphatic rings.